The summed E-state index contributed by atoms with van der Waals surface area (Å²) in [6, 6.07) is 0. The van der Waals surface area contributed by atoms with Crippen LogP contribution in [0.25, 0.3) is 0 Å². The van der Waals surface area contributed by atoms with Crippen LogP contribution in [0, 0.1) is 0 Å². The fraction of sp³-hybridized carbons (Fsp3) is 0.833. The molecule has 0 rings (SSSR count). The minimum absolute atomic E-state index is 0.694. The molecule has 1 N–H and O–H groups in total. The number of rotatable bonds is 12. The van der Waals surface area contributed by atoms with Crippen molar-refractivity contribution in [1.29, 1.82) is 0 Å². The van der Waals surface area contributed by atoms with E-state index in [2.05, 4.69) is 11.9 Å². The second-order valence-corrected chi connectivity index (χ2v) is 3.49. The van der Waals surface area contributed by atoms with E-state index in [9.17, 15) is 0 Å². The van der Waals surface area contributed by atoms with Gasteiger partial charge in [-0.2, -0.15) is 0 Å². The van der Waals surface area contributed by atoms with Crippen molar-refractivity contribution in [3.05, 3.63) is 12.7 Å². The van der Waals surface area contributed by atoms with Crippen LogP contribution in [0.5, 0.6) is 0 Å². The average Bonchev–Trinajstić information content (AvgIpc) is 2.26. The fourth-order valence-corrected chi connectivity index (χ4v) is 1.19. The molecule has 3 nitrogen and oxygen atoms in total. The molecule has 0 bridgehead atoms. The molecule has 0 heterocycles. The van der Waals surface area contributed by atoms with Crippen LogP contribution in [-0.2, 0) is 9.47 Å². The number of hydrogen-bond acceptors (Lipinski definition) is 3. The van der Waals surface area contributed by atoms with E-state index in [1.54, 1.807) is 7.11 Å². The molecule has 90 valence electrons. The molecule has 0 aromatic carbocycles. The summed E-state index contributed by atoms with van der Waals surface area (Å²) in [4.78, 5) is 0. The third kappa shape index (κ3) is 13.6. The molecule has 0 aliphatic heterocycles. The van der Waals surface area contributed by atoms with Gasteiger partial charge in [0, 0.05) is 13.7 Å². The minimum atomic E-state index is 0.694. The van der Waals surface area contributed by atoms with E-state index in [4.69, 9.17) is 9.47 Å². The molecule has 0 saturated carbocycles. The number of unbranched alkanes of at least 4 members (excludes halogenated alkanes) is 2. The van der Waals surface area contributed by atoms with E-state index in [0.29, 0.717) is 13.2 Å². The monoisotopic (exact) mass is 215 g/mol. The van der Waals surface area contributed by atoms with Crippen molar-refractivity contribution in [1.82, 2.24) is 5.32 Å². The summed E-state index contributed by atoms with van der Waals surface area (Å²) in [5, 5.41) is 3.39. The third-order valence-electron chi connectivity index (χ3n) is 2.09. The molecule has 0 amide bonds. The highest BCUT2D eigenvalue weighted by atomic mass is 16.5. The van der Waals surface area contributed by atoms with Crippen molar-refractivity contribution in [2.75, 3.05) is 40.0 Å². The predicted octanol–water partition coefficient (Wildman–Crippen LogP) is 1.99. The Kier molecular flexibility index (Phi) is 13.3. The summed E-state index contributed by atoms with van der Waals surface area (Å²) in [5.74, 6) is 0. The first-order valence-electron chi connectivity index (χ1n) is 5.80. The first-order chi connectivity index (χ1) is 7.41. The zero-order chi connectivity index (χ0) is 11.2. The van der Waals surface area contributed by atoms with Crippen LogP contribution in [0.1, 0.15) is 25.7 Å². The van der Waals surface area contributed by atoms with E-state index in [-0.39, 0.29) is 0 Å². The molecule has 0 radical (unpaired) electrons. The van der Waals surface area contributed by atoms with Gasteiger partial charge in [-0.05, 0) is 38.8 Å². The first-order valence-corrected chi connectivity index (χ1v) is 5.80. The molecule has 0 saturated heterocycles. The van der Waals surface area contributed by atoms with Gasteiger partial charge in [-0.1, -0.05) is 6.08 Å². The maximum atomic E-state index is 5.35. The minimum Gasteiger partial charge on any atom is -0.382 e. The van der Waals surface area contributed by atoms with Gasteiger partial charge in [0.15, 0.2) is 0 Å². The van der Waals surface area contributed by atoms with Crippen molar-refractivity contribution in [2.45, 2.75) is 25.7 Å². The summed E-state index contributed by atoms with van der Waals surface area (Å²) < 4.78 is 10.2. The largest absolute Gasteiger partial charge is 0.382 e. The third-order valence-corrected chi connectivity index (χ3v) is 2.09. The molecule has 0 fully saturated rings. The molecule has 15 heavy (non-hydrogen) atoms. The van der Waals surface area contributed by atoms with E-state index in [1.165, 1.54) is 12.8 Å². The molecule has 0 aromatic heterocycles. The van der Waals surface area contributed by atoms with Crippen LogP contribution < -0.4 is 5.32 Å². The SMILES string of the molecule is C=CCCCNCCCCOCCOC. The lowest BCUT2D eigenvalue weighted by molar-refractivity contribution is 0.0688. The van der Waals surface area contributed by atoms with Gasteiger partial charge in [0.2, 0.25) is 0 Å². The zero-order valence-corrected chi connectivity index (χ0v) is 9.96. The zero-order valence-electron chi connectivity index (χ0n) is 9.96. The summed E-state index contributed by atoms with van der Waals surface area (Å²) in [7, 11) is 1.69. The van der Waals surface area contributed by atoms with Crippen molar-refractivity contribution in [3.8, 4) is 0 Å². The maximum absolute atomic E-state index is 5.35. The molecule has 0 spiro atoms. The number of hydrogen-bond donors (Lipinski definition) is 1. The molecular weight excluding hydrogens is 190 g/mol. The van der Waals surface area contributed by atoms with Crippen LogP contribution >= 0.6 is 0 Å². The Hall–Kier alpha value is -0.380. The average molecular weight is 215 g/mol. The Morgan fingerprint density at radius 1 is 1.07 bits per heavy atom. The summed E-state index contributed by atoms with van der Waals surface area (Å²) in [6.45, 7) is 8.12. The Morgan fingerprint density at radius 2 is 1.87 bits per heavy atom. The normalized spacial score (nSPS) is 10.5. The summed E-state index contributed by atoms with van der Waals surface area (Å²) in [6.07, 6.45) is 6.56. The molecular formula is C12H25NO2. The highest BCUT2D eigenvalue weighted by Gasteiger charge is 1.90. The number of ether oxygens (including phenoxy) is 2. The fourth-order valence-electron chi connectivity index (χ4n) is 1.19. The second-order valence-electron chi connectivity index (χ2n) is 3.49. The Balaban J connectivity index is 2.83. The van der Waals surface area contributed by atoms with E-state index >= 15 is 0 Å². The van der Waals surface area contributed by atoms with Crippen LogP contribution in [0.4, 0.5) is 0 Å². The van der Waals surface area contributed by atoms with Gasteiger partial charge in [0.1, 0.15) is 0 Å². The molecule has 0 aromatic rings. The van der Waals surface area contributed by atoms with E-state index in [1.807, 2.05) is 6.08 Å². The quantitative estimate of drug-likeness (QED) is 0.399. The van der Waals surface area contributed by atoms with Crippen LogP contribution in [-0.4, -0.2) is 40.0 Å². The standard InChI is InChI=1S/C12H25NO2/c1-3-4-5-8-13-9-6-7-10-15-12-11-14-2/h3,13H,1,4-12H2,2H3. The molecule has 0 aliphatic carbocycles. The summed E-state index contributed by atoms with van der Waals surface area (Å²) in [5.41, 5.74) is 0. The van der Waals surface area contributed by atoms with E-state index in [0.717, 1.165) is 32.5 Å². The van der Waals surface area contributed by atoms with Crippen LogP contribution in [0.15, 0.2) is 12.7 Å². The number of allylic oxidation sites excluding steroid dienone is 1. The van der Waals surface area contributed by atoms with Gasteiger partial charge in [-0.25, -0.2) is 0 Å². The van der Waals surface area contributed by atoms with Crippen LogP contribution in [0.3, 0.4) is 0 Å². The summed E-state index contributed by atoms with van der Waals surface area (Å²) >= 11 is 0. The molecule has 0 aliphatic rings. The first kappa shape index (κ1) is 14.6. The van der Waals surface area contributed by atoms with Crippen molar-refractivity contribution < 1.29 is 9.47 Å². The Labute approximate surface area is 93.8 Å². The highest BCUT2D eigenvalue weighted by molar-refractivity contribution is 4.66. The van der Waals surface area contributed by atoms with Crippen molar-refractivity contribution in [2.24, 2.45) is 0 Å². The molecule has 0 atom stereocenters. The molecule has 3 heteroatoms. The van der Waals surface area contributed by atoms with Gasteiger partial charge < -0.3 is 14.8 Å². The lowest BCUT2D eigenvalue weighted by Crippen LogP contribution is -2.17. The van der Waals surface area contributed by atoms with Gasteiger partial charge in [-0.15, -0.1) is 6.58 Å². The predicted molar refractivity (Wildman–Crippen MR) is 64.2 cm³/mol. The van der Waals surface area contributed by atoms with Gasteiger partial charge >= 0.3 is 0 Å². The van der Waals surface area contributed by atoms with Crippen molar-refractivity contribution in [3.63, 3.8) is 0 Å². The highest BCUT2D eigenvalue weighted by Crippen LogP contribution is 1.90. The van der Waals surface area contributed by atoms with Crippen LogP contribution in [0.2, 0.25) is 0 Å². The van der Waals surface area contributed by atoms with E-state index < -0.39 is 0 Å². The number of methoxy groups -OCH3 is 1. The van der Waals surface area contributed by atoms with Gasteiger partial charge in [0.25, 0.3) is 0 Å². The lowest BCUT2D eigenvalue weighted by atomic mass is 10.3. The Morgan fingerprint density at radius 3 is 2.60 bits per heavy atom. The molecule has 0 unspecified atom stereocenters. The number of nitrogens with one attached hydrogen (secondary N) is 1. The van der Waals surface area contributed by atoms with Crippen molar-refractivity contribution >= 4 is 0 Å². The topological polar surface area (TPSA) is 30.5 Å². The van der Waals surface area contributed by atoms with Gasteiger partial charge in [0.05, 0.1) is 13.2 Å². The Bertz CT molecular complexity index is 129. The lowest BCUT2D eigenvalue weighted by Gasteiger charge is -2.04. The second kappa shape index (κ2) is 13.6. The maximum Gasteiger partial charge on any atom is 0.0700 e. The smallest absolute Gasteiger partial charge is 0.0700 e. The van der Waals surface area contributed by atoms with Gasteiger partial charge in [-0.3, -0.25) is 0 Å².